The number of rotatable bonds is 7. The SMILES string of the molecule is CCc1noc(C)c1C(=O)NCc1ccc(CN2CCN(CC)CC2)cc1. The van der Waals surface area contributed by atoms with Crippen molar-refractivity contribution in [1.29, 1.82) is 0 Å². The third kappa shape index (κ3) is 4.96. The second kappa shape index (κ2) is 9.15. The zero-order chi connectivity index (χ0) is 19.2. The molecule has 6 heteroatoms. The van der Waals surface area contributed by atoms with Gasteiger partial charge in [0.05, 0.1) is 5.69 Å². The highest BCUT2D eigenvalue weighted by Crippen LogP contribution is 2.14. The first-order valence-corrected chi connectivity index (χ1v) is 9.86. The molecule has 0 radical (unpaired) electrons. The quantitative estimate of drug-likeness (QED) is 0.812. The molecule has 1 saturated heterocycles. The highest BCUT2D eigenvalue weighted by Gasteiger charge is 2.19. The smallest absolute Gasteiger partial charge is 0.257 e. The van der Waals surface area contributed by atoms with Gasteiger partial charge in [-0.1, -0.05) is 43.3 Å². The Morgan fingerprint density at radius 3 is 2.33 bits per heavy atom. The largest absolute Gasteiger partial charge is 0.361 e. The lowest BCUT2D eigenvalue weighted by Gasteiger charge is -2.34. The van der Waals surface area contributed by atoms with Crippen LogP contribution in [0, 0.1) is 6.92 Å². The fraction of sp³-hybridized carbons (Fsp3) is 0.524. The standard InChI is InChI=1S/C21H30N4O2/c1-4-19-20(16(3)27-23-19)21(26)22-14-17-6-8-18(9-7-17)15-25-12-10-24(5-2)11-13-25/h6-9H,4-5,10-15H2,1-3H3,(H,22,26). The van der Waals surface area contributed by atoms with Crippen LogP contribution in [0.1, 0.15) is 46.8 Å². The first-order chi connectivity index (χ1) is 13.1. The van der Waals surface area contributed by atoms with Crippen molar-refractivity contribution in [2.24, 2.45) is 0 Å². The van der Waals surface area contributed by atoms with E-state index in [2.05, 4.69) is 51.5 Å². The van der Waals surface area contributed by atoms with Gasteiger partial charge in [-0.15, -0.1) is 0 Å². The van der Waals surface area contributed by atoms with Crippen molar-refractivity contribution < 1.29 is 9.32 Å². The van der Waals surface area contributed by atoms with Gasteiger partial charge in [-0.25, -0.2) is 0 Å². The summed E-state index contributed by atoms with van der Waals surface area (Å²) in [6.07, 6.45) is 0.682. The van der Waals surface area contributed by atoms with Crippen molar-refractivity contribution in [1.82, 2.24) is 20.3 Å². The average Bonchev–Trinajstić information content (AvgIpc) is 3.08. The second-order valence-electron chi connectivity index (χ2n) is 7.12. The zero-order valence-electron chi connectivity index (χ0n) is 16.6. The van der Waals surface area contributed by atoms with E-state index in [1.54, 1.807) is 6.92 Å². The summed E-state index contributed by atoms with van der Waals surface area (Å²) in [4.78, 5) is 17.4. The van der Waals surface area contributed by atoms with Crippen LogP contribution in [-0.4, -0.2) is 53.6 Å². The number of hydrogen-bond acceptors (Lipinski definition) is 5. The van der Waals surface area contributed by atoms with Crippen molar-refractivity contribution >= 4 is 5.91 Å². The summed E-state index contributed by atoms with van der Waals surface area (Å²) in [5.41, 5.74) is 3.69. The van der Waals surface area contributed by atoms with E-state index in [0.717, 1.165) is 44.8 Å². The molecule has 1 fully saturated rings. The van der Waals surface area contributed by atoms with Crippen molar-refractivity contribution in [2.75, 3.05) is 32.7 Å². The lowest BCUT2D eigenvalue weighted by atomic mass is 10.1. The molecule has 1 N–H and O–H groups in total. The van der Waals surface area contributed by atoms with Gasteiger partial charge in [0, 0.05) is 39.3 Å². The number of nitrogens with zero attached hydrogens (tertiary/aromatic N) is 3. The minimum atomic E-state index is -0.122. The summed E-state index contributed by atoms with van der Waals surface area (Å²) in [7, 11) is 0. The molecule has 1 aliphatic heterocycles. The minimum absolute atomic E-state index is 0.122. The minimum Gasteiger partial charge on any atom is -0.361 e. The summed E-state index contributed by atoms with van der Waals surface area (Å²) in [6, 6.07) is 8.52. The van der Waals surface area contributed by atoms with E-state index in [1.807, 2.05) is 6.92 Å². The van der Waals surface area contributed by atoms with Crippen LogP contribution in [0.25, 0.3) is 0 Å². The van der Waals surface area contributed by atoms with Crippen LogP contribution in [0.5, 0.6) is 0 Å². The number of hydrogen-bond donors (Lipinski definition) is 1. The van der Waals surface area contributed by atoms with Gasteiger partial charge < -0.3 is 14.7 Å². The molecule has 0 spiro atoms. The van der Waals surface area contributed by atoms with E-state index in [4.69, 9.17) is 4.52 Å². The molecule has 2 heterocycles. The van der Waals surface area contributed by atoms with Gasteiger partial charge in [0.25, 0.3) is 5.91 Å². The van der Waals surface area contributed by atoms with Crippen LogP contribution in [0.3, 0.4) is 0 Å². The van der Waals surface area contributed by atoms with Gasteiger partial charge in [0.15, 0.2) is 0 Å². The Morgan fingerprint density at radius 1 is 1.07 bits per heavy atom. The number of aryl methyl sites for hydroxylation is 2. The molecule has 1 amide bonds. The zero-order valence-corrected chi connectivity index (χ0v) is 16.6. The van der Waals surface area contributed by atoms with Gasteiger partial charge in [-0.3, -0.25) is 9.69 Å². The molecule has 1 aromatic carbocycles. The molecule has 27 heavy (non-hydrogen) atoms. The summed E-state index contributed by atoms with van der Waals surface area (Å²) in [5, 5.41) is 6.92. The molecule has 1 aliphatic rings. The predicted molar refractivity (Wildman–Crippen MR) is 106 cm³/mol. The normalized spacial score (nSPS) is 15.8. The first kappa shape index (κ1) is 19.6. The van der Waals surface area contributed by atoms with Crippen LogP contribution in [0.15, 0.2) is 28.8 Å². The average molecular weight is 370 g/mol. The fourth-order valence-corrected chi connectivity index (χ4v) is 3.51. The highest BCUT2D eigenvalue weighted by atomic mass is 16.5. The third-order valence-electron chi connectivity index (χ3n) is 5.29. The lowest BCUT2D eigenvalue weighted by Crippen LogP contribution is -2.45. The summed E-state index contributed by atoms with van der Waals surface area (Å²) in [5.74, 6) is 0.450. The number of carbonyl (C=O) groups is 1. The number of piperazine rings is 1. The van der Waals surface area contributed by atoms with Crippen molar-refractivity contribution in [3.8, 4) is 0 Å². The molecule has 0 unspecified atom stereocenters. The lowest BCUT2D eigenvalue weighted by molar-refractivity contribution is 0.0948. The molecule has 0 saturated carbocycles. The summed E-state index contributed by atoms with van der Waals surface area (Å²) in [6.45, 7) is 13.2. The Kier molecular flexibility index (Phi) is 6.63. The van der Waals surface area contributed by atoms with Crippen LogP contribution < -0.4 is 5.32 Å². The molecule has 2 aromatic rings. The van der Waals surface area contributed by atoms with E-state index >= 15 is 0 Å². The predicted octanol–water partition coefficient (Wildman–Crippen LogP) is 2.61. The molecule has 0 aliphatic carbocycles. The highest BCUT2D eigenvalue weighted by molar-refractivity contribution is 5.96. The third-order valence-corrected chi connectivity index (χ3v) is 5.29. The molecule has 146 valence electrons. The maximum atomic E-state index is 12.4. The van der Waals surface area contributed by atoms with E-state index in [9.17, 15) is 4.79 Å². The maximum absolute atomic E-state index is 12.4. The topological polar surface area (TPSA) is 61.6 Å². The van der Waals surface area contributed by atoms with Crippen LogP contribution in [0.4, 0.5) is 0 Å². The Balaban J connectivity index is 1.50. The number of amides is 1. The van der Waals surface area contributed by atoms with E-state index in [-0.39, 0.29) is 5.91 Å². The Labute approximate surface area is 161 Å². The molecule has 0 bridgehead atoms. The Morgan fingerprint density at radius 2 is 1.70 bits per heavy atom. The maximum Gasteiger partial charge on any atom is 0.257 e. The van der Waals surface area contributed by atoms with E-state index < -0.39 is 0 Å². The van der Waals surface area contributed by atoms with Crippen LogP contribution in [-0.2, 0) is 19.5 Å². The first-order valence-electron chi connectivity index (χ1n) is 9.86. The number of aromatic nitrogens is 1. The second-order valence-corrected chi connectivity index (χ2v) is 7.12. The van der Waals surface area contributed by atoms with Crippen molar-refractivity contribution in [3.05, 3.63) is 52.4 Å². The van der Waals surface area contributed by atoms with Crippen LogP contribution in [0.2, 0.25) is 0 Å². The molecule has 1 aromatic heterocycles. The molecular formula is C21H30N4O2. The number of carbonyl (C=O) groups excluding carboxylic acids is 1. The monoisotopic (exact) mass is 370 g/mol. The van der Waals surface area contributed by atoms with Gasteiger partial charge in [0.1, 0.15) is 11.3 Å². The molecule has 3 rings (SSSR count). The van der Waals surface area contributed by atoms with Crippen molar-refractivity contribution in [3.63, 3.8) is 0 Å². The summed E-state index contributed by atoms with van der Waals surface area (Å²) < 4.78 is 5.14. The molecule has 0 atom stereocenters. The van der Waals surface area contributed by atoms with Gasteiger partial charge >= 0.3 is 0 Å². The van der Waals surface area contributed by atoms with E-state index in [0.29, 0.717) is 30.0 Å². The molecular weight excluding hydrogens is 340 g/mol. The number of nitrogens with one attached hydrogen (secondary N) is 1. The Bertz CT molecular complexity index is 746. The van der Waals surface area contributed by atoms with Gasteiger partial charge in [-0.2, -0.15) is 0 Å². The van der Waals surface area contributed by atoms with E-state index in [1.165, 1.54) is 5.56 Å². The van der Waals surface area contributed by atoms with Gasteiger partial charge in [0.2, 0.25) is 0 Å². The van der Waals surface area contributed by atoms with Crippen LogP contribution >= 0.6 is 0 Å². The number of likely N-dealkylation sites (N-methyl/N-ethyl adjacent to an activating group) is 1. The Hall–Kier alpha value is -2.18. The molecule has 6 nitrogen and oxygen atoms in total. The van der Waals surface area contributed by atoms with Gasteiger partial charge in [-0.05, 0) is 31.0 Å². The fourth-order valence-electron chi connectivity index (χ4n) is 3.51. The summed E-state index contributed by atoms with van der Waals surface area (Å²) >= 11 is 0. The number of benzene rings is 1. The van der Waals surface area contributed by atoms with Crippen molar-refractivity contribution in [2.45, 2.75) is 40.3 Å².